The molecule has 0 atom stereocenters. The number of nitrogens with one attached hydrogen (secondary N) is 4. The first kappa shape index (κ1) is 20.3. The van der Waals surface area contributed by atoms with Gasteiger partial charge in [-0.2, -0.15) is 4.98 Å². The average Bonchev–Trinajstić information content (AvgIpc) is 2.66. The molecule has 0 bridgehead atoms. The van der Waals surface area contributed by atoms with Gasteiger partial charge in [0.1, 0.15) is 11.6 Å². The largest absolute Gasteiger partial charge is 0.354 e. The molecule has 1 aromatic heterocycles. The molecule has 0 saturated carbocycles. The molecule has 4 N–H and O–H groups in total. The molecule has 0 aliphatic carbocycles. The zero-order valence-corrected chi connectivity index (χ0v) is 16.6. The maximum atomic E-state index is 13.2. The fraction of sp³-hybridized carbons (Fsp3) is 0.150. The summed E-state index contributed by atoms with van der Waals surface area (Å²) in [6.45, 7) is 4.61. The van der Waals surface area contributed by atoms with E-state index < -0.39 is 11.8 Å². The van der Waals surface area contributed by atoms with Gasteiger partial charge in [0.2, 0.25) is 5.95 Å². The minimum atomic E-state index is -0.544. The zero-order valence-electron chi connectivity index (χ0n) is 15.9. The Hall–Kier alpha value is -3.39. The number of hydrogen-bond acceptors (Lipinski definition) is 5. The summed E-state index contributed by atoms with van der Waals surface area (Å²) in [6.07, 6.45) is 0. The molecule has 0 unspecified atom stereocenters. The van der Waals surface area contributed by atoms with Crippen molar-refractivity contribution in [3.63, 3.8) is 0 Å². The summed E-state index contributed by atoms with van der Waals surface area (Å²) in [5.41, 5.74) is 2.63. The quantitative estimate of drug-likeness (QED) is 0.433. The van der Waals surface area contributed by atoms with Gasteiger partial charge in [0.05, 0.1) is 5.02 Å². The van der Waals surface area contributed by atoms with Gasteiger partial charge in [0.15, 0.2) is 0 Å². The standard InChI is InChI=1S/C20H20ClFN6O/c1-3-23-19-24-12(2)10-18(28-19)25-13-4-6-14(7-5-13)26-20(29)27-15-8-9-17(22)16(21)11-15/h4-11H,3H2,1-2H3,(H2,26,27,29)(H2,23,24,25,28). The molecule has 2 aromatic carbocycles. The molecule has 0 aliphatic rings. The van der Waals surface area contributed by atoms with E-state index in [1.807, 2.05) is 32.0 Å². The highest BCUT2D eigenvalue weighted by atomic mass is 35.5. The Balaban J connectivity index is 1.61. The Labute approximate surface area is 172 Å². The van der Waals surface area contributed by atoms with Crippen molar-refractivity contribution in [2.24, 2.45) is 0 Å². The molecular formula is C20H20ClFN6O. The minimum Gasteiger partial charge on any atom is -0.354 e. The molecule has 29 heavy (non-hydrogen) atoms. The molecule has 7 nitrogen and oxygen atoms in total. The second kappa shape index (κ2) is 9.20. The maximum Gasteiger partial charge on any atom is 0.323 e. The van der Waals surface area contributed by atoms with Crippen molar-refractivity contribution in [1.29, 1.82) is 0 Å². The Bertz CT molecular complexity index is 1010. The van der Waals surface area contributed by atoms with Crippen LogP contribution in [-0.2, 0) is 0 Å². The predicted molar refractivity (Wildman–Crippen MR) is 115 cm³/mol. The molecule has 0 saturated heterocycles. The van der Waals surface area contributed by atoms with Crippen molar-refractivity contribution in [2.45, 2.75) is 13.8 Å². The number of benzene rings is 2. The number of urea groups is 1. The van der Waals surface area contributed by atoms with E-state index in [1.165, 1.54) is 18.2 Å². The lowest BCUT2D eigenvalue weighted by molar-refractivity contribution is 0.262. The SMILES string of the molecule is CCNc1nc(C)cc(Nc2ccc(NC(=O)Nc3ccc(F)c(Cl)c3)cc2)n1. The molecule has 3 rings (SSSR count). The van der Waals surface area contributed by atoms with Gasteiger partial charge in [0.25, 0.3) is 0 Å². The van der Waals surface area contributed by atoms with Crippen LogP contribution in [0.1, 0.15) is 12.6 Å². The lowest BCUT2D eigenvalue weighted by Crippen LogP contribution is -2.19. The number of aryl methyl sites for hydroxylation is 1. The highest BCUT2D eigenvalue weighted by molar-refractivity contribution is 6.31. The van der Waals surface area contributed by atoms with Crippen LogP contribution in [0.15, 0.2) is 48.5 Å². The molecule has 0 aliphatic heterocycles. The molecule has 0 spiro atoms. The van der Waals surface area contributed by atoms with Crippen LogP contribution < -0.4 is 21.3 Å². The fourth-order valence-corrected chi connectivity index (χ4v) is 2.70. The van der Waals surface area contributed by atoms with Crippen molar-refractivity contribution in [2.75, 3.05) is 27.8 Å². The predicted octanol–water partition coefficient (Wildman–Crippen LogP) is 5.40. The van der Waals surface area contributed by atoms with E-state index >= 15 is 0 Å². The summed E-state index contributed by atoms with van der Waals surface area (Å²) in [4.78, 5) is 20.8. The highest BCUT2D eigenvalue weighted by Gasteiger charge is 2.06. The summed E-state index contributed by atoms with van der Waals surface area (Å²) in [6, 6.07) is 12.5. The number of halogens is 2. The zero-order chi connectivity index (χ0) is 20.8. The Morgan fingerprint density at radius 3 is 2.34 bits per heavy atom. The minimum absolute atomic E-state index is 0.0597. The number of carbonyl (C=O) groups excluding carboxylic acids is 1. The molecule has 150 valence electrons. The molecule has 2 amide bonds. The number of carbonyl (C=O) groups is 1. The Morgan fingerprint density at radius 1 is 1.00 bits per heavy atom. The number of anilines is 5. The molecule has 9 heteroatoms. The van der Waals surface area contributed by atoms with Crippen molar-refractivity contribution in [3.8, 4) is 0 Å². The van der Waals surface area contributed by atoms with E-state index in [1.54, 1.807) is 12.1 Å². The first-order valence-corrected chi connectivity index (χ1v) is 9.30. The molecule has 3 aromatic rings. The lowest BCUT2D eigenvalue weighted by Gasteiger charge is -2.11. The lowest BCUT2D eigenvalue weighted by atomic mass is 10.2. The topological polar surface area (TPSA) is 91.0 Å². The summed E-state index contributed by atoms with van der Waals surface area (Å²) in [5, 5.41) is 11.5. The van der Waals surface area contributed by atoms with E-state index in [0.717, 1.165) is 17.9 Å². The van der Waals surface area contributed by atoms with Crippen LogP contribution >= 0.6 is 11.6 Å². The molecule has 1 heterocycles. The van der Waals surface area contributed by atoms with E-state index in [4.69, 9.17) is 11.6 Å². The third kappa shape index (κ3) is 5.79. The Kier molecular flexibility index (Phi) is 6.46. The monoisotopic (exact) mass is 414 g/mol. The second-order valence-corrected chi connectivity index (χ2v) is 6.57. The molecule has 0 radical (unpaired) electrons. The molecule has 0 fully saturated rings. The summed E-state index contributed by atoms with van der Waals surface area (Å²) in [7, 11) is 0. The van der Waals surface area contributed by atoms with Gasteiger partial charge in [-0.25, -0.2) is 14.2 Å². The maximum absolute atomic E-state index is 13.2. The van der Waals surface area contributed by atoms with Crippen LogP contribution in [0, 0.1) is 12.7 Å². The number of hydrogen-bond donors (Lipinski definition) is 4. The van der Waals surface area contributed by atoms with Gasteiger partial charge in [-0.15, -0.1) is 0 Å². The van der Waals surface area contributed by atoms with E-state index in [9.17, 15) is 9.18 Å². The van der Waals surface area contributed by atoms with Gasteiger partial charge >= 0.3 is 6.03 Å². The van der Waals surface area contributed by atoms with Crippen LogP contribution in [0.4, 0.5) is 38.0 Å². The normalized spacial score (nSPS) is 10.3. The number of rotatable bonds is 6. The summed E-state index contributed by atoms with van der Waals surface area (Å²) >= 11 is 5.71. The first-order chi connectivity index (χ1) is 13.9. The van der Waals surface area contributed by atoms with Crippen molar-refractivity contribution >= 4 is 46.5 Å². The number of aromatic nitrogens is 2. The highest BCUT2D eigenvalue weighted by Crippen LogP contribution is 2.21. The number of nitrogens with zero attached hydrogens (tertiary/aromatic N) is 2. The first-order valence-electron chi connectivity index (χ1n) is 8.92. The van der Waals surface area contributed by atoms with Crippen LogP contribution in [0.25, 0.3) is 0 Å². The third-order valence-corrected chi connectivity index (χ3v) is 4.07. The van der Waals surface area contributed by atoms with Crippen molar-refractivity contribution in [3.05, 3.63) is 65.1 Å². The van der Waals surface area contributed by atoms with Crippen LogP contribution in [-0.4, -0.2) is 22.5 Å². The van der Waals surface area contributed by atoms with Gasteiger partial charge in [-0.05, 0) is 56.3 Å². The summed E-state index contributed by atoms with van der Waals surface area (Å²) in [5.74, 6) is 0.683. The van der Waals surface area contributed by atoms with Gasteiger partial charge in [0, 0.05) is 35.4 Å². The average molecular weight is 415 g/mol. The fourth-order valence-electron chi connectivity index (χ4n) is 2.52. The van der Waals surface area contributed by atoms with Gasteiger partial charge < -0.3 is 21.3 Å². The van der Waals surface area contributed by atoms with E-state index in [0.29, 0.717) is 23.1 Å². The van der Waals surface area contributed by atoms with Gasteiger partial charge in [-0.3, -0.25) is 0 Å². The number of amides is 2. The Morgan fingerprint density at radius 2 is 1.66 bits per heavy atom. The van der Waals surface area contributed by atoms with Gasteiger partial charge in [-0.1, -0.05) is 11.6 Å². The van der Waals surface area contributed by atoms with Crippen LogP contribution in [0.5, 0.6) is 0 Å². The summed E-state index contributed by atoms with van der Waals surface area (Å²) < 4.78 is 13.2. The van der Waals surface area contributed by atoms with Crippen LogP contribution in [0.3, 0.4) is 0 Å². The van der Waals surface area contributed by atoms with E-state index in [-0.39, 0.29) is 5.02 Å². The van der Waals surface area contributed by atoms with Crippen molar-refractivity contribution < 1.29 is 9.18 Å². The molecular weight excluding hydrogens is 395 g/mol. The second-order valence-electron chi connectivity index (χ2n) is 6.16. The van der Waals surface area contributed by atoms with E-state index in [2.05, 4.69) is 31.2 Å². The van der Waals surface area contributed by atoms with Crippen LogP contribution in [0.2, 0.25) is 5.02 Å². The smallest absolute Gasteiger partial charge is 0.323 e. The van der Waals surface area contributed by atoms with Crippen molar-refractivity contribution in [1.82, 2.24) is 9.97 Å². The third-order valence-electron chi connectivity index (χ3n) is 3.78.